The molecule has 10 nitrogen and oxygen atoms in total. The molecule has 3 fully saturated rings. The van der Waals surface area contributed by atoms with E-state index in [-0.39, 0.29) is 23.8 Å². The van der Waals surface area contributed by atoms with Gasteiger partial charge in [-0.3, -0.25) is 14.4 Å². The van der Waals surface area contributed by atoms with Gasteiger partial charge in [0.1, 0.15) is 17.8 Å². The van der Waals surface area contributed by atoms with Gasteiger partial charge < -0.3 is 25.8 Å². The zero-order valence-electron chi connectivity index (χ0n) is 21.8. The Morgan fingerprint density at radius 1 is 1.10 bits per heavy atom. The number of nitrogens with one attached hydrogen (secondary N) is 3. The number of ether oxygens (including phenoxy) is 1. The molecule has 0 saturated heterocycles. The lowest BCUT2D eigenvalue weighted by Crippen LogP contribution is -2.51. The predicted molar refractivity (Wildman–Crippen MR) is 143 cm³/mol. The van der Waals surface area contributed by atoms with Gasteiger partial charge in [0.15, 0.2) is 6.61 Å². The van der Waals surface area contributed by atoms with Crippen LogP contribution in [0.25, 0.3) is 11.8 Å². The van der Waals surface area contributed by atoms with Crippen molar-refractivity contribution >= 4 is 35.2 Å². The van der Waals surface area contributed by atoms with Crippen LogP contribution in [0.3, 0.4) is 0 Å². The zero-order chi connectivity index (χ0) is 27.0. The number of fused-ring (bicyclic) bond motifs is 5. The van der Waals surface area contributed by atoms with Gasteiger partial charge >= 0.3 is 5.97 Å². The van der Waals surface area contributed by atoms with Crippen molar-refractivity contribution in [3.8, 4) is 5.75 Å². The zero-order valence-corrected chi connectivity index (χ0v) is 21.8. The van der Waals surface area contributed by atoms with Gasteiger partial charge in [-0.25, -0.2) is 9.97 Å². The van der Waals surface area contributed by atoms with Crippen LogP contribution in [0, 0.1) is 10.8 Å². The molecule has 4 N–H and O–H groups in total. The van der Waals surface area contributed by atoms with Crippen molar-refractivity contribution < 1.29 is 24.2 Å². The van der Waals surface area contributed by atoms with E-state index in [1.807, 2.05) is 24.3 Å². The first-order valence-electron chi connectivity index (χ1n) is 13.7. The number of carboxylic acid groups (broad SMARTS) is 1. The van der Waals surface area contributed by atoms with E-state index in [2.05, 4.69) is 25.9 Å². The van der Waals surface area contributed by atoms with Crippen LogP contribution in [-0.2, 0) is 16.1 Å². The number of carboxylic acids is 1. The molecule has 5 aliphatic rings. The summed E-state index contributed by atoms with van der Waals surface area (Å²) in [6, 6.07) is 5.72. The molecule has 10 heteroatoms. The van der Waals surface area contributed by atoms with E-state index in [1.54, 1.807) is 0 Å². The van der Waals surface area contributed by atoms with Gasteiger partial charge in [0, 0.05) is 24.0 Å². The van der Waals surface area contributed by atoms with E-state index in [9.17, 15) is 19.5 Å². The average molecular weight is 532 g/mol. The summed E-state index contributed by atoms with van der Waals surface area (Å²) < 4.78 is 5.45. The lowest BCUT2D eigenvalue weighted by atomic mass is 9.53. The van der Waals surface area contributed by atoms with Crippen molar-refractivity contribution in [2.75, 3.05) is 18.5 Å². The molecule has 1 aromatic heterocycles. The molecule has 4 aliphatic carbocycles. The molecule has 0 radical (unpaired) electrons. The number of hydrogen-bond acceptors (Lipinski definition) is 7. The summed E-state index contributed by atoms with van der Waals surface area (Å²) in [6.07, 6.45) is 10.5. The Bertz CT molecular complexity index is 1440. The fourth-order valence-electron chi connectivity index (χ4n) is 6.48. The predicted octanol–water partition coefficient (Wildman–Crippen LogP) is 1.82. The fraction of sp³-hybridized carbons (Fsp3) is 0.483. The first-order chi connectivity index (χ1) is 18.9. The standard InChI is InChI=1S/C29H33N5O5/c35-23-15-39-22-6-5-18(13-21(22)34-23)14-30-20-4-2-1-3-19-24(20)32-17-33-25(19)26(36)31-16-28-7-10-29(11-8-28,12-9-28)27(37)38/h3,5-6,13,17,30H,1-2,4,7-12,14-16H2,(H,31,36)(H,34,35)(H,37,38). The van der Waals surface area contributed by atoms with Crippen molar-refractivity contribution in [3.05, 3.63) is 46.4 Å². The molecule has 2 heterocycles. The molecule has 2 amide bonds. The first-order valence-corrected chi connectivity index (χ1v) is 13.7. The number of carbonyl (C=O) groups is 3. The molecular weight excluding hydrogens is 498 g/mol. The highest BCUT2D eigenvalue weighted by molar-refractivity contribution is 5.95. The summed E-state index contributed by atoms with van der Waals surface area (Å²) in [4.78, 5) is 45.7. The molecule has 1 aromatic carbocycles. The van der Waals surface area contributed by atoms with Gasteiger partial charge in [0.25, 0.3) is 11.8 Å². The van der Waals surface area contributed by atoms with E-state index in [1.165, 1.54) is 6.33 Å². The highest BCUT2D eigenvalue weighted by Crippen LogP contribution is 2.56. The van der Waals surface area contributed by atoms with Gasteiger partial charge in [-0.2, -0.15) is 0 Å². The molecule has 2 bridgehead atoms. The quantitative estimate of drug-likeness (QED) is 0.424. The summed E-state index contributed by atoms with van der Waals surface area (Å²) in [5.74, 6) is -0.401. The first kappa shape index (κ1) is 25.3. The molecule has 0 unspecified atom stereocenters. The number of hydrogen-bond donors (Lipinski definition) is 4. The Balaban J connectivity index is 1.19. The van der Waals surface area contributed by atoms with Crippen molar-refractivity contribution in [3.63, 3.8) is 0 Å². The van der Waals surface area contributed by atoms with Crippen molar-refractivity contribution in [1.82, 2.24) is 20.6 Å². The van der Waals surface area contributed by atoms with E-state index in [4.69, 9.17) is 4.74 Å². The van der Waals surface area contributed by atoms with Crippen LogP contribution in [0.4, 0.5) is 5.69 Å². The topological polar surface area (TPSA) is 143 Å². The second kappa shape index (κ2) is 9.98. The van der Waals surface area contributed by atoms with Crippen LogP contribution >= 0.6 is 0 Å². The second-order valence-corrected chi connectivity index (χ2v) is 11.3. The number of amides is 2. The molecule has 0 spiro atoms. The number of rotatable bonds is 7. The van der Waals surface area contributed by atoms with Crippen LogP contribution in [0.5, 0.6) is 5.75 Å². The lowest BCUT2D eigenvalue weighted by Gasteiger charge is -2.51. The van der Waals surface area contributed by atoms with Crippen LogP contribution in [-0.4, -0.2) is 46.0 Å². The summed E-state index contributed by atoms with van der Waals surface area (Å²) in [7, 11) is 0. The SMILES string of the molecule is O=C1COc2ccc(CNC3=c4ncnc(C(=O)NCC56CCC(C(=O)O)(CC5)CC6)c4=CCCC3)cc2N1. The van der Waals surface area contributed by atoms with E-state index in [0.29, 0.717) is 49.5 Å². The molecule has 39 heavy (non-hydrogen) atoms. The Morgan fingerprint density at radius 3 is 2.67 bits per heavy atom. The van der Waals surface area contributed by atoms with Gasteiger partial charge in [-0.1, -0.05) is 12.1 Å². The van der Waals surface area contributed by atoms with Gasteiger partial charge in [-0.15, -0.1) is 0 Å². The molecule has 3 saturated carbocycles. The normalized spacial score (nSPS) is 25.2. The van der Waals surface area contributed by atoms with E-state index >= 15 is 0 Å². The molecule has 7 rings (SSSR count). The number of aliphatic carboxylic acids is 1. The number of carbonyl (C=O) groups excluding carboxylic acids is 2. The van der Waals surface area contributed by atoms with E-state index < -0.39 is 11.4 Å². The van der Waals surface area contributed by atoms with Gasteiger partial charge in [0.05, 0.1) is 16.5 Å². The molecule has 2 aromatic rings. The third-order valence-electron chi connectivity index (χ3n) is 9.03. The second-order valence-electron chi connectivity index (χ2n) is 11.3. The van der Waals surface area contributed by atoms with Crippen molar-refractivity contribution in [1.29, 1.82) is 0 Å². The molecule has 204 valence electrons. The van der Waals surface area contributed by atoms with Crippen molar-refractivity contribution in [2.45, 2.75) is 64.3 Å². The lowest BCUT2D eigenvalue weighted by molar-refractivity contribution is -0.158. The fourth-order valence-corrected chi connectivity index (χ4v) is 6.48. The highest BCUT2D eigenvalue weighted by atomic mass is 16.5. The monoisotopic (exact) mass is 531 g/mol. The largest absolute Gasteiger partial charge is 0.482 e. The molecular formula is C29H33N5O5. The Kier molecular flexibility index (Phi) is 6.48. The molecule has 1 aliphatic heterocycles. The Hall–Kier alpha value is -3.95. The summed E-state index contributed by atoms with van der Waals surface area (Å²) in [6.45, 7) is 1.09. The minimum absolute atomic E-state index is 0.0256. The van der Waals surface area contributed by atoms with Gasteiger partial charge in [0.2, 0.25) is 0 Å². The van der Waals surface area contributed by atoms with Gasteiger partial charge in [-0.05, 0) is 80.9 Å². The maximum Gasteiger partial charge on any atom is 0.309 e. The number of aromatic nitrogens is 2. The third-order valence-corrected chi connectivity index (χ3v) is 9.03. The average Bonchev–Trinajstić information content (AvgIpc) is 3.17. The number of anilines is 1. The minimum atomic E-state index is -0.674. The maximum atomic E-state index is 13.4. The number of benzene rings is 1. The van der Waals surface area contributed by atoms with Crippen LogP contribution < -0.4 is 31.3 Å². The van der Waals surface area contributed by atoms with Crippen LogP contribution in [0.1, 0.15) is 73.8 Å². The van der Waals surface area contributed by atoms with Crippen LogP contribution in [0.15, 0.2) is 24.5 Å². The Labute approximate surface area is 226 Å². The number of nitrogens with zero attached hydrogens (tertiary/aromatic N) is 2. The molecule has 0 atom stereocenters. The summed E-state index contributed by atoms with van der Waals surface area (Å²) in [5.41, 5.74) is 2.38. The smallest absolute Gasteiger partial charge is 0.309 e. The van der Waals surface area contributed by atoms with E-state index in [0.717, 1.165) is 60.4 Å². The maximum absolute atomic E-state index is 13.4. The summed E-state index contributed by atoms with van der Waals surface area (Å²) >= 11 is 0. The highest BCUT2D eigenvalue weighted by Gasteiger charge is 2.52. The minimum Gasteiger partial charge on any atom is -0.482 e. The third kappa shape index (κ3) is 4.84. The summed E-state index contributed by atoms with van der Waals surface area (Å²) in [5, 5.41) is 20.6. The Morgan fingerprint density at radius 2 is 1.90 bits per heavy atom. The van der Waals surface area contributed by atoms with Crippen molar-refractivity contribution in [2.24, 2.45) is 10.8 Å². The van der Waals surface area contributed by atoms with Crippen LogP contribution in [0.2, 0.25) is 0 Å².